The molecule has 7 heteroatoms. The molecule has 0 aromatic heterocycles. The number of hydrogen-bond acceptors (Lipinski definition) is 4. The minimum absolute atomic E-state index is 0.00167. The maximum Gasteiger partial charge on any atom is 0.326 e. The van der Waals surface area contributed by atoms with E-state index in [2.05, 4.69) is 17.4 Å². The minimum Gasteiger partial charge on any atom is -0.497 e. The summed E-state index contributed by atoms with van der Waals surface area (Å²) in [5.74, 6) is -0.123. The molecule has 0 atom stereocenters. The number of amides is 2. The van der Waals surface area contributed by atoms with E-state index in [4.69, 9.17) is 9.84 Å². The Morgan fingerprint density at radius 2 is 1.58 bits per heavy atom. The molecule has 2 N–H and O–H groups in total. The Kier molecular flexibility index (Phi) is 9.43. The van der Waals surface area contributed by atoms with E-state index in [0.717, 1.165) is 39.6 Å². The Labute approximate surface area is 227 Å². The van der Waals surface area contributed by atoms with Crippen LogP contribution in [0.1, 0.15) is 17.5 Å². The van der Waals surface area contributed by atoms with Gasteiger partial charge in [0.1, 0.15) is 5.75 Å². The van der Waals surface area contributed by atoms with Gasteiger partial charge < -0.3 is 15.2 Å². The molecule has 6 nitrogen and oxygen atoms in total. The molecule has 194 valence electrons. The molecule has 0 unspecified atom stereocenters. The zero-order valence-corrected chi connectivity index (χ0v) is 22.0. The summed E-state index contributed by atoms with van der Waals surface area (Å²) in [4.78, 5) is 28.1. The molecular formula is C31H30N2O4S. The predicted octanol–water partition coefficient (Wildman–Crippen LogP) is 7.14. The van der Waals surface area contributed by atoms with Crippen LogP contribution in [0.5, 0.6) is 5.75 Å². The van der Waals surface area contributed by atoms with E-state index in [1.54, 1.807) is 23.8 Å². The summed E-state index contributed by atoms with van der Waals surface area (Å²) in [5, 5.41) is 12.0. The standard InChI is InChI=1S/C31H30N2O4S/c1-37-27-16-14-25(15-17-27)32-31(36)33(20-6-9-23-7-3-2-4-8-23)26-10-5-11-29(22-26)38-28-18-12-24(13-19-28)21-30(34)35/h2-5,7-8,10-19,22H,6,9,20-21H2,1H3,(H,32,36)(H,34,35). The van der Waals surface area contributed by atoms with Crippen molar-refractivity contribution in [3.8, 4) is 5.75 Å². The van der Waals surface area contributed by atoms with Crippen LogP contribution in [0.2, 0.25) is 0 Å². The number of carbonyl (C=O) groups excluding carboxylic acids is 1. The van der Waals surface area contributed by atoms with Gasteiger partial charge in [0, 0.05) is 27.7 Å². The van der Waals surface area contributed by atoms with Crippen molar-refractivity contribution in [2.45, 2.75) is 29.1 Å². The second-order valence-corrected chi connectivity index (χ2v) is 9.86. The average molecular weight is 527 g/mol. The van der Waals surface area contributed by atoms with Crippen molar-refractivity contribution in [3.05, 3.63) is 114 Å². The summed E-state index contributed by atoms with van der Waals surface area (Å²) in [6.07, 6.45) is 1.68. The molecule has 0 fully saturated rings. The highest BCUT2D eigenvalue weighted by Crippen LogP contribution is 2.31. The Morgan fingerprint density at radius 1 is 0.842 bits per heavy atom. The summed E-state index contributed by atoms with van der Waals surface area (Å²) in [6.45, 7) is 0.550. The zero-order valence-electron chi connectivity index (χ0n) is 21.2. The topological polar surface area (TPSA) is 78.9 Å². The third kappa shape index (κ3) is 7.88. The number of nitrogens with one attached hydrogen (secondary N) is 1. The molecule has 0 aliphatic heterocycles. The van der Waals surface area contributed by atoms with Crippen LogP contribution in [-0.2, 0) is 17.6 Å². The second-order valence-electron chi connectivity index (χ2n) is 8.71. The van der Waals surface area contributed by atoms with Crippen molar-refractivity contribution in [1.29, 1.82) is 0 Å². The molecule has 4 rings (SSSR count). The number of aliphatic carboxylic acids is 1. The third-order valence-electron chi connectivity index (χ3n) is 5.92. The Hall–Kier alpha value is -4.23. The lowest BCUT2D eigenvalue weighted by atomic mass is 10.1. The first-order valence-electron chi connectivity index (χ1n) is 12.4. The van der Waals surface area contributed by atoms with Crippen molar-refractivity contribution < 1.29 is 19.4 Å². The Morgan fingerprint density at radius 3 is 2.26 bits per heavy atom. The van der Waals surface area contributed by atoms with Gasteiger partial charge >= 0.3 is 12.0 Å². The Balaban J connectivity index is 1.50. The first kappa shape index (κ1) is 26.8. The van der Waals surface area contributed by atoms with E-state index in [-0.39, 0.29) is 12.5 Å². The first-order chi connectivity index (χ1) is 18.5. The van der Waals surface area contributed by atoms with Crippen molar-refractivity contribution in [2.75, 3.05) is 23.9 Å². The van der Waals surface area contributed by atoms with Gasteiger partial charge in [0.05, 0.1) is 13.5 Å². The number of aryl methyl sites for hydroxylation is 1. The van der Waals surface area contributed by atoms with E-state index in [1.807, 2.05) is 91.0 Å². The molecule has 0 spiro atoms. The first-order valence-corrected chi connectivity index (χ1v) is 13.2. The van der Waals surface area contributed by atoms with Crippen LogP contribution in [0.15, 0.2) is 113 Å². The number of hydrogen-bond donors (Lipinski definition) is 2. The number of ether oxygens (including phenoxy) is 1. The van der Waals surface area contributed by atoms with Gasteiger partial charge in [0.2, 0.25) is 0 Å². The summed E-state index contributed by atoms with van der Waals surface area (Å²) < 4.78 is 5.22. The molecule has 0 radical (unpaired) electrons. The van der Waals surface area contributed by atoms with Crippen LogP contribution < -0.4 is 15.0 Å². The third-order valence-corrected chi connectivity index (χ3v) is 6.92. The fourth-order valence-corrected chi connectivity index (χ4v) is 4.87. The number of nitrogens with zero attached hydrogens (tertiary/aromatic N) is 1. The number of carbonyl (C=O) groups is 2. The molecule has 0 saturated heterocycles. The van der Waals surface area contributed by atoms with Crippen molar-refractivity contribution in [3.63, 3.8) is 0 Å². The summed E-state index contributed by atoms with van der Waals surface area (Å²) in [5.41, 5.74) is 3.49. The fourth-order valence-electron chi connectivity index (χ4n) is 4.00. The summed E-state index contributed by atoms with van der Waals surface area (Å²) in [6, 6.07) is 32.7. The van der Waals surface area contributed by atoms with E-state index in [0.29, 0.717) is 12.2 Å². The van der Waals surface area contributed by atoms with Crippen molar-refractivity contribution in [2.24, 2.45) is 0 Å². The van der Waals surface area contributed by atoms with Gasteiger partial charge in [-0.1, -0.05) is 60.3 Å². The van der Waals surface area contributed by atoms with Crippen LogP contribution >= 0.6 is 11.8 Å². The van der Waals surface area contributed by atoms with Gasteiger partial charge in [-0.3, -0.25) is 9.69 Å². The Bertz CT molecular complexity index is 1340. The number of urea groups is 1. The lowest BCUT2D eigenvalue weighted by molar-refractivity contribution is -0.136. The molecule has 0 heterocycles. The normalized spacial score (nSPS) is 10.6. The average Bonchev–Trinajstić information content (AvgIpc) is 2.93. The van der Waals surface area contributed by atoms with Crippen molar-refractivity contribution in [1.82, 2.24) is 0 Å². The quantitative estimate of drug-likeness (QED) is 0.217. The number of carboxylic acids is 1. The molecule has 0 saturated carbocycles. The molecule has 0 aliphatic rings. The van der Waals surface area contributed by atoms with Gasteiger partial charge in [-0.25, -0.2) is 4.79 Å². The van der Waals surface area contributed by atoms with E-state index in [1.165, 1.54) is 5.56 Å². The number of rotatable bonds is 11. The molecule has 0 aliphatic carbocycles. The SMILES string of the molecule is COc1ccc(NC(=O)N(CCCc2ccccc2)c2cccc(Sc3ccc(CC(=O)O)cc3)c2)cc1. The highest BCUT2D eigenvalue weighted by Gasteiger charge is 2.17. The molecule has 4 aromatic carbocycles. The van der Waals surface area contributed by atoms with E-state index in [9.17, 15) is 9.59 Å². The van der Waals surface area contributed by atoms with Crippen LogP contribution in [0, 0.1) is 0 Å². The fraction of sp³-hybridized carbons (Fsp3) is 0.161. The molecule has 2 amide bonds. The molecule has 0 bridgehead atoms. The second kappa shape index (κ2) is 13.4. The maximum absolute atomic E-state index is 13.4. The molecule has 4 aromatic rings. The predicted molar refractivity (Wildman–Crippen MR) is 152 cm³/mol. The monoisotopic (exact) mass is 526 g/mol. The van der Waals surface area contributed by atoms with Crippen LogP contribution in [0.3, 0.4) is 0 Å². The van der Waals surface area contributed by atoms with Gasteiger partial charge in [-0.05, 0) is 78.6 Å². The van der Waals surface area contributed by atoms with Gasteiger partial charge in [0.25, 0.3) is 0 Å². The zero-order chi connectivity index (χ0) is 26.7. The maximum atomic E-state index is 13.4. The summed E-state index contributed by atoms with van der Waals surface area (Å²) >= 11 is 1.57. The van der Waals surface area contributed by atoms with E-state index < -0.39 is 5.97 Å². The van der Waals surface area contributed by atoms with Gasteiger partial charge in [-0.2, -0.15) is 0 Å². The summed E-state index contributed by atoms with van der Waals surface area (Å²) in [7, 11) is 1.61. The minimum atomic E-state index is -0.849. The number of benzene rings is 4. The molecular weight excluding hydrogens is 496 g/mol. The smallest absolute Gasteiger partial charge is 0.326 e. The largest absolute Gasteiger partial charge is 0.497 e. The van der Waals surface area contributed by atoms with Crippen LogP contribution in [-0.4, -0.2) is 30.8 Å². The highest BCUT2D eigenvalue weighted by atomic mass is 32.2. The lowest BCUT2D eigenvalue weighted by Gasteiger charge is -2.24. The lowest BCUT2D eigenvalue weighted by Crippen LogP contribution is -2.36. The number of methoxy groups -OCH3 is 1. The van der Waals surface area contributed by atoms with Crippen LogP contribution in [0.4, 0.5) is 16.2 Å². The molecule has 38 heavy (non-hydrogen) atoms. The van der Waals surface area contributed by atoms with Gasteiger partial charge in [-0.15, -0.1) is 0 Å². The van der Waals surface area contributed by atoms with E-state index >= 15 is 0 Å². The van der Waals surface area contributed by atoms with Crippen LogP contribution in [0.25, 0.3) is 0 Å². The number of anilines is 2. The number of carboxylic acid groups (broad SMARTS) is 1. The highest BCUT2D eigenvalue weighted by molar-refractivity contribution is 7.99. The van der Waals surface area contributed by atoms with Gasteiger partial charge in [0.15, 0.2) is 0 Å². The van der Waals surface area contributed by atoms with Crippen molar-refractivity contribution >= 4 is 35.1 Å².